The highest BCUT2D eigenvalue weighted by atomic mass is 16.7. The Labute approximate surface area is 142 Å². The zero-order valence-electron chi connectivity index (χ0n) is 14.6. The van der Waals surface area contributed by atoms with Gasteiger partial charge in [-0.05, 0) is 12.3 Å². The molecule has 0 aromatic heterocycles. The molecule has 0 aromatic rings. The van der Waals surface area contributed by atoms with Gasteiger partial charge in [-0.25, -0.2) is 4.79 Å². The van der Waals surface area contributed by atoms with Gasteiger partial charge in [-0.15, -0.1) is 0 Å². The molecule has 24 heavy (non-hydrogen) atoms. The summed E-state index contributed by atoms with van der Waals surface area (Å²) in [6.45, 7) is 8.10. The van der Waals surface area contributed by atoms with Crippen LogP contribution in [0, 0.1) is 5.92 Å². The molecular weight excluding hydrogens is 314 g/mol. The fraction of sp³-hybridized carbons (Fsp3) is 0.812. The molecule has 0 unspecified atom stereocenters. The standard InChI is InChI=1S/C16H27N3O5/c1-11(2)8-12(19-4-6-23-7-5-19)10-17-15(20)14-9-13(18-24-14)16(21)22-3/h11-12,14H,4-10H2,1-3H3,(H,17,20)/t12-,14+/m0/s1. The number of rotatable bonds is 7. The van der Waals surface area contributed by atoms with E-state index in [4.69, 9.17) is 9.57 Å². The number of hydrogen-bond donors (Lipinski definition) is 1. The summed E-state index contributed by atoms with van der Waals surface area (Å²) >= 11 is 0. The van der Waals surface area contributed by atoms with Crippen molar-refractivity contribution in [2.45, 2.75) is 38.8 Å². The molecule has 0 aromatic carbocycles. The Balaban J connectivity index is 1.82. The number of methoxy groups -OCH3 is 1. The number of carbonyl (C=O) groups is 2. The van der Waals surface area contributed by atoms with Gasteiger partial charge in [0.25, 0.3) is 5.91 Å². The number of esters is 1. The predicted octanol–water partition coefficient (Wildman–Crippen LogP) is 0.167. The van der Waals surface area contributed by atoms with E-state index < -0.39 is 12.1 Å². The van der Waals surface area contributed by atoms with Gasteiger partial charge in [0.2, 0.25) is 6.10 Å². The average molecular weight is 341 g/mol. The quantitative estimate of drug-likeness (QED) is 0.664. The minimum Gasteiger partial charge on any atom is -0.464 e. The van der Waals surface area contributed by atoms with Crippen LogP contribution in [0.4, 0.5) is 0 Å². The number of nitrogens with zero attached hydrogens (tertiary/aromatic N) is 2. The third kappa shape index (κ3) is 5.17. The molecule has 1 amide bonds. The summed E-state index contributed by atoms with van der Waals surface area (Å²) in [6.07, 6.45) is 0.379. The first-order chi connectivity index (χ1) is 11.5. The summed E-state index contributed by atoms with van der Waals surface area (Å²) in [6, 6.07) is 0.264. The molecule has 0 aliphatic carbocycles. The first-order valence-electron chi connectivity index (χ1n) is 8.41. The van der Waals surface area contributed by atoms with Crippen molar-refractivity contribution in [3.05, 3.63) is 0 Å². The summed E-state index contributed by atoms with van der Waals surface area (Å²) in [5.74, 6) is -0.275. The second-order valence-electron chi connectivity index (χ2n) is 6.50. The second-order valence-corrected chi connectivity index (χ2v) is 6.50. The van der Waals surface area contributed by atoms with E-state index in [-0.39, 0.29) is 24.1 Å². The largest absolute Gasteiger partial charge is 0.464 e. The molecule has 0 saturated carbocycles. The molecular formula is C16H27N3O5. The molecule has 0 radical (unpaired) electrons. The molecule has 0 spiro atoms. The van der Waals surface area contributed by atoms with E-state index >= 15 is 0 Å². The van der Waals surface area contributed by atoms with Crippen LogP contribution >= 0.6 is 0 Å². The topological polar surface area (TPSA) is 89.5 Å². The lowest BCUT2D eigenvalue weighted by atomic mass is 10.0. The molecule has 1 fully saturated rings. The molecule has 2 atom stereocenters. The Hall–Kier alpha value is -1.67. The monoisotopic (exact) mass is 341 g/mol. The molecule has 2 heterocycles. The number of carbonyl (C=O) groups excluding carboxylic acids is 2. The highest BCUT2D eigenvalue weighted by Gasteiger charge is 2.32. The molecule has 1 N–H and O–H groups in total. The Kier molecular flexibility index (Phi) is 6.99. The van der Waals surface area contributed by atoms with Gasteiger partial charge in [0.1, 0.15) is 0 Å². The fourth-order valence-corrected chi connectivity index (χ4v) is 2.94. The van der Waals surface area contributed by atoms with Crippen molar-refractivity contribution < 1.29 is 23.9 Å². The Morgan fingerprint density at radius 1 is 1.38 bits per heavy atom. The first kappa shape index (κ1) is 18.7. The highest BCUT2D eigenvalue weighted by Crippen LogP contribution is 2.15. The Morgan fingerprint density at radius 3 is 2.71 bits per heavy atom. The van der Waals surface area contributed by atoms with Crippen molar-refractivity contribution in [3.63, 3.8) is 0 Å². The van der Waals surface area contributed by atoms with Crippen LogP contribution in [-0.4, -0.2) is 74.6 Å². The van der Waals surface area contributed by atoms with Crippen molar-refractivity contribution >= 4 is 17.6 Å². The number of oxime groups is 1. The third-order valence-corrected chi connectivity index (χ3v) is 4.20. The lowest BCUT2D eigenvalue weighted by Crippen LogP contribution is -2.50. The Morgan fingerprint density at radius 2 is 2.08 bits per heavy atom. The summed E-state index contributed by atoms with van der Waals surface area (Å²) in [7, 11) is 1.27. The van der Waals surface area contributed by atoms with Gasteiger partial charge in [0.15, 0.2) is 5.71 Å². The zero-order valence-corrected chi connectivity index (χ0v) is 14.6. The van der Waals surface area contributed by atoms with Gasteiger partial charge in [-0.3, -0.25) is 9.69 Å². The lowest BCUT2D eigenvalue weighted by Gasteiger charge is -2.35. The van der Waals surface area contributed by atoms with E-state index in [0.29, 0.717) is 12.5 Å². The minimum absolute atomic E-state index is 0.143. The van der Waals surface area contributed by atoms with Gasteiger partial charge >= 0.3 is 5.97 Å². The minimum atomic E-state index is -0.761. The molecule has 8 heteroatoms. The van der Waals surface area contributed by atoms with Gasteiger partial charge in [-0.1, -0.05) is 19.0 Å². The predicted molar refractivity (Wildman–Crippen MR) is 87.6 cm³/mol. The van der Waals surface area contributed by atoms with E-state index in [2.05, 4.69) is 34.0 Å². The van der Waals surface area contributed by atoms with Gasteiger partial charge in [0, 0.05) is 32.1 Å². The average Bonchev–Trinajstić information content (AvgIpc) is 3.08. The van der Waals surface area contributed by atoms with Crippen LogP contribution in [0.3, 0.4) is 0 Å². The van der Waals surface area contributed by atoms with E-state index in [1.165, 1.54) is 7.11 Å². The van der Waals surface area contributed by atoms with Crippen molar-refractivity contribution in [3.8, 4) is 0 Å². The van der Waals surface area contributed by atoms with E-state index in [1.807, 2.05) is 0 Å². The van der Waals surface area contributed by atoms with E-state index in [9.17, 15) is 9.59 Å². The number of hydrogen-bond acceptors (Lipinski definition) is 7. The molecule has 0 bridgehead atoms. The smallest absolute Gasteiger partial charge is 0.355 e. The van der Waals surface area contributed by atoms with Crippen LogP contribution < -0.4 is 5.32 Å². The molecule has 1 saturated heterocycles. The molecule has 8 nitrogen and oxygen atoms in total. The molecule has 2 aliphatic rings. The van der Waals surface area contributed by atoms with Crippen molar-refractivity contribution in [2.75, 3.05) is 40.0 Å². The van der Waals surface area contributed by atoms with Crippen molar-refractivity contribution in [1.82, 2.24) is 10.2 Å². The van der Waals surface area contributed by atoms with E-state index in [1.54, 1.807) is 0 Å². The van der Waals surface area contributed by atoms with Crippen LogP contribution in [0.25, 0.3) is 0 Å². The summed E-state index contributed by atoms with van der Waals surface area (Å²) in [5.41, 5.74) is 0.143. The zero-order chi connectivity index (χ0) is 17.5. The molecule has 2 rings (SSSR count). The second kappa shape index (κ2) is 8.98. The number of morpholine rings is 1. The molecule has 2 aliphatic heterocycles. The number of nitrogens with one attached hydrogen (secondary N) is 1. The summed E-state index contributed by atoms with van der Waals surface area (Å²) in [5, 5.41) is 6.56. The van der Waals surface area contributed by atoms with Gasteiger partial charge in [0.05, 0.1) is 20.3 Å². The number of amides is 1. The number of ether oxygens (including phenoxy) is 2. The Bertz CT molecular complexity index is 474. The third-order valence-electron chi connectivity index (χ3n) is 4.20. The van der Waals surface area contributed by atoms with Crippen LogP contribution in [0.2, 0.25) is 0 Å². The summed E-state index contributed by atoms with van der Waals surface area (Å²) < 4.78 is 9.98. The van der Waals surface area contributed by atoms with Gasteiger partial charge < -0.3 is 19.6 Å². The fourth-order valence-electron chi connectivity index (χ4n) is 2.94. The SMILES string of the molecule is COC(=O)C1=NO[C@@H](C(=O)NC[C@H](CC(C)C)N2CCOCC2)C1. The maximum atomic E-state index is 12.3. The first-order valence-corrected chi connectivity index (χ1v) is 8.41. The lowest BCUT2D eigenvalue weighted by molar-refractivity contribution is -0.133. The van der Waals surface area contributed by atoms with Gasteiger partial charge in [-0.2, -0.15) is 0 Å². The van der Waals surface area contributed by atoms with Crippen LogP contribution in [0.1, 0.15) is 26.7 Å². The van der Waals surface area contributed by atoms with Crippen molar-refractivity contribution in [2.24, 2.45) is 11.1 Å². The maximum absolute atomic E-state index is 12.3. The van der Waals surface area contributed by atoms with Crippen LogP contribution in [-0.2, 0) is 23.9 Å². The van der Waals surface area contributed by atoms with Crippen LogP contribution in [0.5, 0.6) is 0 Å². The van der Waals surface area contributed by atoms with Crippen LogP contribution in [0.15, 0.2) is 5.16 Å². The van der Waals surface area contributed by atoms with Crippen molar-refractivity contribution in [1.29, 1.82) is 0 Å². The molecule has 136 valence electrons. The summed E-state index contributed by atoms with van der Waals surface area (Å²) in [4.78, 5) is 31.1. The maximum Gasteiger partial charge on any atom is 0.355 e. The highest BCUT2D eigenvalue weighted by molar-refractivity contribution is 6.37. The normalized spacial score (nSPS) is 22.7. The van der Waals surface area contributed by atoms with E-state index in [0.717, 1.165) is 32.7 Å².